The van der Waals surface area contributed by atoms with Gasteiger partial charge in [-0.2, -0.15) is 0 Å². The molecular weight excluding hydrogens is 224 g/mol. The number of hydrogen-bond acceptors (Lipinski definition) is 2. The van der Waals surface area contributed by atoms with Crippen LogP contribution >= 0.6 is 0 Å². The molecule has 0 spiro atoms. The van der Waals surface area contributed by atoms with E-state index in [2.05, 4.69) is 6.92 Å². The highest BCUT2D eigenvalue weighted by molar-refractivity contribution is 5.83. The fourth-order valence-electron chi connectivity index (χ4n) is 2.14. The molecule has 0 aliphatic rings. The van der Waals surface area contributed by atoms with Crippen molar-refractivity contribution in [1.29, 1.82) is 0 Å². The van der Waals surface area contributed by atoms with Crippen molar-refractivity contribution in [3.63, 3.8) is 0 Å². The number of hydrogen-bond donors (Lipinski definition) is 1. The number of rotatable bonds is 6. The van der Waals surface area contributed by atoms with E-state index in [0.717, 1.165) is 18.4 Å². The van der Waals surface area contributed by atoms with E-state index in [1.165, 1.54) is 0 Å². The number of nitrogens with two attached hydrogens (primary N) is 1. The van der Waals surface area contributed by atoms with Gasteiger partial charge in [0.1, 0.15) is 0 Å². The average Bonchev–Trinajstić information content (AvgIpc) is 2.40. The lowest BCUT2D eigenvalue weighted by atomic mass is 9.94. The highest BCUT2D eigenvalue weighted by Crippen LogP contribution is 2.22. The average molecular weight is 248 g/mol. The molecule has 0 radical (unpaired) electrons. The third-order valence-corrected chi connectivity index (χ3v) is 3.50. The second kappa shape index (κ2) is 7.17. The van der Waals surface area contributed by atoms with Gasteiger partial charge in [-0.25, -0.2) is 0 Å². The van der Waals surface area contributed by atoms with Crippen LogP contribution in [0.1, 0.15) is 38.2 Å². The first-order valence-electron chi connectivity index (χ1n) is 6.63. The van der Waals surface area contributed by atoms with Gasteiger partial charge in [0.05, 0.1) is 5.92 Å². The van der Waals surface area contributed by atoms with Crippen LogP contribution in [0.4, 0.5) is 0 Å². The van der Waals surface area contributed by atoms with Gasteiger partial charge in [-0.3, -0.25) is 4.79 Å². The Morgan fingerprint density at radius 3 is 2.44 bits per heavy atom. The van der Waals surface area contributed by atoms with Crippen molar-refractivity contribution in [3.8, 4) is 0 Å². The van der Waals surface area contributed by atoms with E-state index < -0.39 is 0 Å². The summed E-state index contributed by atoms with van der Waals surface area (Å²) in [6.45, 7) is 4.71. The van der Waals surface area contributed by atoms with Gasteiger partial charge in [-0.15, -0.1) is 0 Å². The molecule has 0 aliphatic heterocycles. The number of benzene rings is 1. The molecular formula is C15H24N2O. The van der Waals surface area contributed by atoms with Crippen molar-refractivity contribution in [2.24, 2.45) is 5.73 Å². The number of likely N-dealkylation sites (N-methyl/N-ethyl adjacent to an activating group) is 1. The normalized spacial score (nSPS) is 14.0. The number of amides is 1. The second-order valence-corrected chi connectivity index (χ2v) is 4.75. The Hall–Kier alpha value is -1.35. The Labute approximate surface area is 110 Å². The van der Waals surface area contributed by atoms with E-state index in [-0.39, 0.29) is 17.9 Å². The number of carbonyl (C=O) groups excluding carboxylic acids is 1. The maximum atomic E-state index is 12.5. The zero-order valence-corrected chi connectivity index (χ0v) is 11.6. The fourth-order valence-corrected chi connectivity index (χ4v) is 2.14. The summed E-state index contributed by atoms with van der Waals surface area (Å²) in [7, 11) is 1.87. The summed E-state index contributed by atoms with van der Waals surface area (Å²) in [6.07, 6.45) is 1.66. The van der Waals surface area contributed by atoms with E-state index in [0.29, 0.717) is 6.54 Å². The SMILES string of the molecule is CCC(C(=O)N(C)C(C)CCN)c1ccccc1. The monoisotopic (exact) mass is 248 g/mol. The second-order valence-electron chi connectivity index (χ2n) is 4.75. The molecule has 0 bridgehead atoms. The van der Waals surface area contributed by atoms with Gasteiger partial charge in [0, 0.05) is 13.1 Å². The molecule has 3 nitrogen and oxygen atoms in total. The molecule has 18 heavy (non-hydrogen) atoms. The minimum Gasteiger partial charge on any atom is -0.342 e. The summed E-state index contributed by atoms with van der Waals surface area (Å²) >= 11 is 0. The van der Waals surface area contributed by atoms with Gasteiger partial charge in [-0.05, 0) is 31.9 Å². The molecule has 1 amide bonds. The maximum absolute atomic E-state index is 12.5. The summed E-state index contributed by atoms with van der Waals surface area (Å²) in [5, 5.41) is 0. The van der Waals surface area contributed by atoms with Gasteiger partial charge in [0.2, 0.25) is 5.91 Å². The highest BCUT2D eigenvalue weighted by atomic mass is 16.2. The summed E-state index contributed by atoms with van der Waals surface area (Å²) in [5.41, 5.74) is 6.64. The molecule has 1 aromatic rings. The Morgan fingerprint density at radius 1 is 1.33 bits per heavy atom. The molecule has 0 aliphatic carbocycles. The topological polar surface area (TPSA) is 46.3 Å². The third-order valence-electron chi connectivity index (χ3n) is 3.50. The zero-order chi connectivity index (χ0) is 13.5. The lowest BCUT2D eigenvalue weighted by molar-refractivity contribution is -0.133. The van der Waals surface area contributed by atoms with Crippen LogP contribution in [-0.4, -0.2) is 30.4 Å². The third kappa shape index (κ3) is 3.57. The molecule has 1 aromatic carbocycles. The lowest BCUT2D eigenvalue weighted by Gasteiger charge is -2.28. The van der Waals surface area contributed by atoms with Crippen molar-refractivity contribution in [2.45, 2.75) is 38.6 Å². The molecule has 0 aromatic heterocycles. The minimum atomic E-state index is -0.0450. The van der Waals surface area contributed by atoms with Crippen molar-refractivity contribution < 1.29 is 4.79 Å². The Morgan fingerprint density at radius 2 is 1.94 bits per heavy atom. The quantitative estimate of drug-likeness (QED) is 0.840. The lowest BCUT2D eigenvalue weighted by Crippen LogP contribution is -2.39. The molecule has 0 fully saturated rings. The molecule has 100 valence electrons. The Balaban J connectivity index is 2.80. The van der Waals surface area contributed by atoms with Crippen molar-refractivity contribution in [2.75, 3.05) is 13.6 Å². The van der Waals surface area contributed by atoms with E-state index in [4.69, 9.17) is 5.73 Å². The van der Waals surface area contributed by atoms with Crippen LogP contribution in [-0.2, 0) is 4.79 Å². The van der Waals surface area contributed by atoms with Gasteiger partial charge >= 0.3 is 0 Å². The van der Waals surface area contributed by atoms with Gasteiger partial charge in [-0.1, -0.05) is 37.3 Å². The molecule has 3 heteroatoms. The van der Waals surface area contributed by atoms with Gasteiger partial charge < -0.3 is 10.6 Å². The molecule has 2 atom stereocenters. The molecule has 2 unspecified atom stereocenters. The van der Waals surface area contributed by atoms with Crippen LogP contribution in [0.25, 0.3) is 0 Å². The number of nitrogens with zero attached hydrogens (tertiary/aromatic N) is 1. The van der Waals surface area contributed by atoms with Gasteiger partial charge in [0.15, 0.2) is 0 Å². The van der Waals surface area contributed by atoms with Gasteiger partial charge in [0.25, 0.3) is 0 Å². The standard InChI is InChI=1S/C15H24N2O/c1-4-14(13-8-6-5-7-9-13)15(18)17(3)12(2)10-11-16/h5-9,12,14H,4,10-11,16H2,1-3H3. The first-order valence-corrected chi connectivity index (χ1v) is 6.63. The van der Waals surface area contributed by atoms with Crippen molar-refractivity contribution >= 4 is 5.91 Å². The van der Waals surface area contributed by atoms with Crippen LogP contribution in [0.2, 0.25) is 0 Å². The fraction of sp³-hybridized carbons (Fsp3) is 0.533. The van der Waals surface area contributed by atoms with E-state index in [1.54, 1.807) is 0 Å². The summed E-state index contributed by atoms with van der Waals surface area (Å²) < 4.78 is 0. The van der Waals surface area contributed by atoms with Crippen LogP contribution in [0.15, 0.2) is 30.3 Å². The molecule has 1 rings (SSSR count). The predicted octanol–water partition coefficient (Wildman–Crippen LogP) is 2.38. The summed E-state index contributed by atoms with van der Waals surface area (Å²) in [5.74, 6) is 0.140. The highest BCUT2D eigenvalue weighted by Gasteiger charge is 2.24. The zero-order valence-electron chi connectivity index (χ0n) is 11.6. The van der Waals surface area contributed by atoms with E-state index in [9.17, 15) is 4.79 Å². The number of carbonyl (C=O) groups is 1. The van der Waals surface area contributed by atoms with E-state index >= 15 is 0 Å². The molecule has 0 saturated heterocycles. The van der Waals surface area contributed by atoms with Crippen molar-refractivity contribution in [1.82, 2.24) is 4.90 Å². The summed E-state index contributed by atoms with van der Waals surface area (Å²) in [6, 6.07) is 10.2. The van der Waals surface area contributed by atoms with Crippen molar-refractivity contribution in [3.05, 3.63) is 35.9 Å². The first-order chi connectivity index (χ1) is 8.61. The Kier molecular flexibility index (Phi) is 5.86. The smallest absolute Gasteiger partial charge is 0.230 e. The van der Waals surface area contributed by atoms with Crippen LogP contribution in [0.5, 0.6) is 0 Å². The molecule has 2 N–H and O–H groups in total. The first kappa shape index (κ1) is 14.7. The summed E-state index contributed by atoms with van der Waals surface area (Å²) in [4.78, 5) is 14.3. The predicted molar refractivity (Wildman–Crippen MR) is 75.4 cm³/mol. The molecule has 0 saturated carbocycles. The molecule has 0 heterocycles. The maximum Gasteiger partial charge on any atom is 0.230 e. The largest absolute Gasteiger partial charge is 0.342 e. The Bertz CT molecular complexity index is 364. The minimum absolute atomic E-state index is 0.0450. The van der Waals surface area contributed by atoms with E-state index in [1.807, 2.05) is 49.2 Å². The van der Waals surface area contributed by atoms with Crippen LogP contribution < -0.4 is 5.73 Å². The van der Waals surface area contributed by atoms with Crippen LogP contribution in [0.3, 0.4) is 0 Å². The van der Waals surface area contributed by atoms with Crippen LogP contribution in [0, 0.1) is 0 Å².